The summed E-state index contributed by atoms with van der Waals surface area (Å²) in [6.07, 6.45) is 6.48. The normalized spacial score (nSPS) is 20.9. The summed E-state index contributed by atoms with van der Waals surface area (Å²) in [6.45, 7) is 5.85. The van der Waals surface area contributed by atoms with E-state index < -0.39 is 0 Å². The maximum absolute atomic E-state index is 12.6. The zero-order valence-corrected chi connectivity index (χ0v) is 17.6. The number of amides is 2. The Labute approximate surface area is 176 Å². The predicted molar refractivity (Wildman–Crippen MR) is 111 cm³/mol. The van der Waals surface area contributed by atoms with Crippen molar-refractivity contribution in [3.63, 3.8) is 0 Å². The molecule has 4 heterocycles. The van der Waals surface area contributed by atoms with Crippen LogP contribution in [0.25, 0.3) is 0 Å². The summed E-state index contributed by atoms with van der Waals surface area (Å²) in [4.78, 5) is 35.5. The zero-order chi connectivity index (χ0) is 20.2. The van der Waals surface area contributed by atoms with E-state index in [0.717, 1.165) is 57.7 Å². The van der Waals surface area contributed by atoms with Crippen LogP contribution in [0.4, 0.5) is 5.82 Å². The van der Waals surface area contributed by atoms with Gasteiger partial charge in [0.2, 0.25) is 5.91 Å². The van der Waals surface area contributed by atoms with Crippen LogP contribution < -0.4 is 4.90 Å². The van der Waals surface area contributed by atoms with E-state index in [2.05, 4.69) is 9.88 Å². The van der Waals surface area contributed by atoms with E-state index in [1.54, 1.807) is 17.2 Å². The molecule has 0 radical (unpaired) electrons. The lowest BCUT2D eigenvalue weighted by Gasteiger charge is -2.33. The third-order valence-corrected chi connectivity index (χ3v) is 6.48. The number of rotatable bonds is 4. The van der Waals surface area contributed by atoms with E-state index in [0.29, 0.717) is 55.1 Å². The average molecular weight is 421 g/mol. The Hall–Kier alpha value is -1.86. The fraction of sp³-hybridized carbons (Fsp3) is 0.667. The number of hydrogen-bond acceptors (Lipinski definition) is 5. The highest BCUT2D eigenvalue weighted by atomic mass is 35.5. The van der Waals surface area contributed by atoms with Gasteiger partial charge < -0.3 is 19.4 Å². The van der Waals surface area contributed by atoms with E-state index in [1.165, 1.54) is 0 Å². The molecule has 0 atom stereocenters. The molecule has 3 fully saturated rings. The van der Waals surface area contributed by atoms with Gasteiger partial charge in [0.25, 0.3) is 5.91 Å². The molecule has 0 spiro atoms. The van der Waals surface area contributed by atoms with Crippen LogP contribution in [-0.4, -0.2) is 79.1 Å². The lowest BCUT2D eigenvalue weighted by atomic mass is 9.93. The number of carbonyl (C=O) groups excluding carboxylic acids is 2. The van der Waals surface area contributed by atoms with Crippen LogP contribution in [0.1, 0.15) is 42.5 Å². The highest BCUT2D eigenvalue weighted by Crippen LogP contribution is 2.30. The Morgan fingerprint density at radius 3 is 2.38 bits per heavy atom. The summed E-state index contributed by atoms with van der Waals surface area (Å²) in [6, 6.07) is 1.73. The molecule has 8 heteroatoms. The molecule has 3 aliphatic rings. The first-order valence-electron chi connectivity index (χ1n) is 10.7. The Morgan fingerprint density at radius 2 is 1.72 bits per heavy atom. The second kappa shape index (κ2) is 9.30. The van der Waals surface area contributed by atoms with Crippen LogP contribution in [0.2, 0.25) is 5.02 Å². The van der Waals surface area contributed by atoms with Crippen molar-refractivity contribution in [2.24, 2.45) is 5.92 Å². The molecule has 1 aromatic rings. The second-order valence-electron chi connectivity index (χ2n) is 8.16. The molecule has 3 saturated heterocycles. The van der Waals surface area contributed by atoms with Crippen molar-refractivity contribution < 1.29 is 14.3 Å². The van der Waals surface area contributed by atoms with Gasteiger partial charge in [-0.15, -0.1) is 0 Å². The number of ether oxygens (including phenoxy) is 1. The third kappa shape index (κ3) is 4.83. The van der Waals surface area contributed by atoms with E-state index in [4.69, 9.17) is 16.3 Å². The van der Waals surface area contributed by atoms with Gasteiger partial charge in [0.1, 0.15) is 5.82 Å². The number of anilines is 1. The summed E-state index contributed by atoms with van der Waals surface area (Å²) in [5, 5.41) is 0.510. The first-order valence-corrected chi connectivity index (χ1v) is 11.0. The lowest BCUT2D eigenvalue weighted by Crippen LogP contribution is -2.40. The maximum Gasteiger partial charge on any atom is 0.255 e. The van der Waals surface area contributed by atoms with Gasteiger partial charge in [0.05, 0.1) is 23.8 Å². The van der Waals surface area contributed by atoms with Crippen LogP contribution in [0.5, 0.6) is 0 Å². The highest BCUT2D eigenvalue weighted by molar-refractivity contribution is 6.33. The summed E-state index contributed by atoms with van der Waals surface area (Å²) in [5.74, 6) is 1.42. The lowest BCUT2D eigenvalue weighted by molar-refractivity contribution is -0.131. The van der Waals surface area contributed by atoms with Gasteiger partial charge in [0.15, 0.2) is 0 Å². The van der Waals surface area contributed by atoms with Gasteiger partial charge >= 0.3 is 0 Å². The van der Waals surface area contributed by atoms with Gasteiger partial charge in [-0.25, -0.2) is 4.98 Å². The molecule has 158 valence electrons. The number of pyridine rings is 1. The van der Waals surface area contributed by atoms with Gasteiger partial charge in [0, 0.05) is 51.9 Å². The van der Waals surface area contributed by atoms with Crippen molar-refractivity contribution >= 4 is 29.2 Å². The summed E-state index contributed by atoms with van der Waals surface area (Å²) in [7, 11) is 0. The van der Waals surface area contributed by atoms with E-state index >= 15 is 0 Å². The monoisotopic (exact) mass is 420 g/mol. The molecule has 0 bridgehead atoms. The van der Waals surface area contributed by atoms with Crippen LogP contribution in [0.15, 0.2) is 12.3 Å². The van der Waals surface area contributed by atoms with Crippen molar-refractivity contribution in [3.8, 4) is 0 Å². The number of piperidine rings is 1. The summed E-state index contributed by atoms with van der Waals surface area (Å²) >= 11 is 6.49. The molecule has 0 aromatic carbocycles. The van der Waals surface area contributed by atoms with Crippen LogP contribution >= 0.6 is 11.6 Å². The molecule has 0 unspecified atom stereocenters. The van der Waals surface area contributed by atoms with Crippen molar-refractivity contribution in [1.82, 2.24) is 14.8 Å². The third-order valence-electron chi connectivity index (χ3n) is 6.20. The van der Waals surface area contributed by atoms with Crippen molar-refractivity contribution in [2.75, 3.05) is 57.4 Å². The molecule has 0 saturated carbocycles. The standard InChI is InChI=1S/C21H29ClN4O3/c22-18-14-17(21(28)26-9-11-29-12-10-26)15-23-20(18)25-7-3-16(4-8-25)13-19(27)24-5-1-2-6-24/h14-16H,1-13H2. The van der Waals surface area contributed by atoms with Gasteiger partial charge in [-0.1, -0.05) is 11.6 Å². The highest BCUT2D eigenvalue weighted by Gasteiger charge is 2.27. The first-order chi connectivity index (χ1) is 14.1. The molecule has 29 heavy (non-hydrogen) atoms. The fourth-order valence-electron chi connectivity index (χ4n) is 4.42. The number of nitrogens with zero attached hydrogens (tertiary/aromatic N) is 4. The van der Waals surface area contributed by atoms with Gasteiger partial charge in [-0.3, -0.25) is 9.59 Å². The molecule has 7 nitrogen and oxygen atoms in total. The van der Waals surface area contributed by atoms with E-state index in [1.807, 2.05) is 4.90 Å². The van der Waals surface area contributed by atoms with Crippen LogP contribution in [0.3, 0.4) is 0 Å². The number of halogens is 1. The summed E-state index contributed by atoms with van der Waals surface area (Å²) < 4.78 is 5.30. The molecule has 2 amide bonds. The first kappa shape index (κ1) is 20.4. The largest absolute Gasteiger partial charge is 0.378 e. The Bertz CT molecular complexity index is 739. The van der Waals surface area contributed by atoms with Crippen LogP contribution in [0, 0.1) is 5.92 Å². The van der Waals surface area contributed by atoms with Gasteiger partial charge in [-0.2, -0.15) is 0 Å². The maximum atomic E-state index is 12.6. The number of carbonyl (C=O) groups is 2. The second-order valence-corrected chi connectivity index (χ2v) is 8.56. The fourth-order valence-corrected chi connectivity index (χ4v) is 4.71. The van der Waals surface area contributed by atoms with Crippen molar-refractivity contribution in [2.45, 2.75) is 32.1 Å². The SMILES string of the molecule is O=C(CC1CCN(c2ncc(C(=O)N3CCOCC3)cc2Cl)CC1)N1CCCC1. The quantitative estimate of drug-likeness (QED) is 0.748. The smallest absolute Gasteiger partial charge is 0.255 e. The number of likely N-dealkylation sites (tertiary alicyclic amines) is 1. The Balaban J connectivity index is 1.32. The minimum absolute atomic E-state index is 0.0478. The molecular formula is C21H29ClN4O3. The van der Waals surface area contributed by atoms with Crippen molar-refractivity contribution in [3.05, 3.63) is 22.8 Å². The topological polar surface area (TPSA) is 66.0 Å². The number of morpholine rings is 1. The zero-order valence-electron chi connectivity index (χ0n) is 16.8. The van der Waals surface area contributed by atoms with E-state index in [9.17, 15) is 9.59 Å². The number of hydrogen-bond donors (Lipinski definition) is 0. The Kier molecular flexibility index (Phi) is 6.55. The molecule has 0 aliphatic carbocycles. The molecule has 1 aromatic heterocycles. The Morgan fingerprint density at radius 1 is 1.03 bits per heavy atom. The molecule has 4 rings (SSSR count). The molecule has 3 aliphatic heterocycles. The predicted octanol–water partition coefficient (Wildman–Crippen LogP) is 2.44. The van der Waals surface area contributed by atoms with Crippen molar-refractivity contribution in [1.29, 1.82) is 0 Å². The molecule has 0 N–H and O–H groups in total. The average Bonchev–Trinajstić information content (AvgIpc) is 3.30. The minimum Gasteiger partial charge on any atom is -0.378 e. The minimum atomic E-state index is -0.0478. The molecular weight excluding hydrogens is 392 g/mol. The van der Waals surface area contributed by atoms with E-state index in [-0.39, 0.29) is 5.91 Å². The van der Waals surface area contributed by atoms with Crippen LogP contribution in [-0.2, 0) is 9.53 Å². The number of aromatic nitrogens is 1. The van der Waals surface area contributed by atoms with Gasteiger partial charge in [-0.05, 0) is 37.7 Å². The summed E-state index contributed by atoms with van der Waals surface area (Å²) in [5.41, 5.74) is 0.520.